The van der Waals surface area contributed by atoms with Gasteiger partial charge < -0.3 is 15.4 Å². The van der Waals surface area contributed by atoms with Crippen LogP contribution in [0.4, 0.5) is 5.69 Å². The molecule has 0 saturated heterocycles. The Morgan fingerprint density at radius 2 is 2.04 bits per heavy atom. The number of aromatic nitrogens is 2. The van der Waals surface area contributed by atoms with Gasteiger partial charge in [0.05, 0.1) is 12.3 Å². The number of rotatable bonds is 5. The SMILES string of the molecule is CCCC(=O)Nc1c[nH]c2ncc(-c3ccc(CO)cc3)cc12. The number of aromatic amines is 1. The molecule has 23 heavy (non-hydrogen) atoms. The summed E-state index contributed by atoms with van der Waals surface area (Å²) >= 11 is 0. The van der Waals surface area contributed by atoms with Gasteiger partial charge in [-0.05, 0) is 23.6 Å². The highest BCUT2D eigenvalue weighted by Gasteiger charge is 2.09. The number of hydrogen-bond donors (Lipinski definition) is 3. The van der Waals surface area contributed by atoms with Crippen LogP contribution in [0, 0.1) is 0 Å². The van der Waals surface area contributed by atoms with Gasteiger partial charge in [-0.1, -0.05) is 31.2 Å². The number of benzene rings is 1. The zero-order valence-electron chi connectivity index (χ0n) is 13.0. The molecule has 118 valence electrons. The fourth-order valence-corrected chi connectivity index (χ4v) is 2.51. The molecule has 5 heteroatoms. The summed E-state index contributed by atoms with van der Waals surface area (Å²) in [5, 5.41) is 12.9. The van der Waals surface area contributed by atoms with E-state index in [9.17, 15) is 4.79 Å². The molecule has 3 aromatic rings. The van der Waals surface area contributed by atoms with Crippen molar-refractivity contribution in [3.8, 4) is 11.1 Å². The van der Waals surface area contributed by atoms with Crippen LogP contribution in [-0.4, -0.2) is 21.0 Å². The lowest BCUT2D eigenvalue weighted by Crippen LogP contribution is -2.10. The Morgan fingerprint density at radius 3 is 2.74 bits per heavy atom. The van der Waals surface area contributed by atoms with Crippen molar-refractivity contribution in [1.29, 1.82) is 0 Å². The van der Waals surface area contributed by atoms with Crippen LogP contribution in [0.25, 0.3) is 22.2 Å². The average Bonchev–Trinajstić information content (AvgIpc) is 2.97. The highest BCUT2D eigenvalue weighted by atomic mass is 16.3. The second-order valence-electron chi connectivity index (χ2n) is 5.48. The molecule has 1 amide bonds. The molecule has 3 rings (SSSR count). The van der Waals surface area contributed by atoms with E-state index in [1.807, 2.05) is 37.3 Å². The summed E-state index contributed by atoms with van der Waals surface area (Å²) < 4.78 is 0. The highest BCUT2D eigenvalue weighted by molar-refractivity contribution is 6.01. The van der Waals surface area contributed by atoms with Crippen molar-refractivity contribution in [1.82, 2.24) is 9.97 Å². The van der Waals surface area contributed by atoms with Gasteiger partial charge in [-0.25, -0.2) is 4.98 Å². The number of aliphatic hydroxyl groups excluding tert-OH is 1. The normalized spacial score (nSPS) is 10.9. The molecule has 0 bridgehead atoms. The maximum absolute atomic E-state index is 11.8. The number of carbonyl (C=O) groups is 1. The molecule has 0 saturated carbocycles. The molecule has 0 spiro atoms. The minimum Gasteiger partial charge on any atom is -0.392 e. The van der Waals surface area contributed by atoms with Crippen molar-refractivity contribution in [3.63, 3.8) is 0 Å². The van der Waals surface area contributed by atoms with E-state index in [2.05, 4.69) is 15.3 Å². The molecular weight excluding hydrogens is 290 g/mol. The van der Waals surface area contributed by atoms with Crippen LogP contribution in [0.1, 0.15) is 25.3 Å². The summed E-state index contributed by atoms with van der Waals surface area (Å²) in [4.78, 5) is 19.3. The van der Waals surface area contributed by atoms with Crippen molar-refractivity contribution in [2.45, 2.75) is 26.4 Å². The summed E-state index contributed by atoms with van der Waals surface area (Å²) in [6.07, 6.45) is 4.88. The van der Waals surface area contributed by atoms with Crippen LogP contribution in [0.3, 0.4) is 0 Å². The molecule has 0 fully saturated rings. The molecule has 0 aliphatic carbocycles. The minimum atomic E-state index is 0.00565. The van der Waals surface area contributed by atoms with E-state index < -0.39 is 0 Å². The smallest absolute Gasteiger partial charge is 0.224 e. The van der Waals surface area contributed by atoms with E-state index in [0.29, 0.717) is 6.42 Å². The Morgan fingerprint density at radius 1 is 1.26 bits per heavy atom. The Kier molecular flexibility index (Phi) is 4.39. The number of fused-ring (bicyclic) bond motifs is 1. The summed E-state index contributed by atoms with van der Waals surface area (Å²) in [6.45, 7) is 2.01. The van der Waals surface area contributed by atoms with Crippen LogP contribution in [0.15, 0.2) is 42.7 Å². The molecular formula is C18H19N3O2. The van der Waals surface area contributed by atoms with E-state index in [4.69, 9.17) is 5.11 Å². The maximum Gasteiger partial charge on any atom is 0.224 e. The van der Waals surface area contributed by atoms with Gasteiger partial charge in [-0.15, -0.1) is 0 Å². The Bertz CT molecular complexity index is 822. The molecule has 0 radical (unpaired) electrons. The van der Waals surface area contributed by atoms with Crippen LogP contribution >= 0.6 is 0 Å². The van der Waals surface area contributed by atoms with Crippen molar-refractivity contribution in [2.75, 3.05) is 5.32 Å². The molecule has 0 atom stereocenters. The third-order valence-corrected chi connectivity index (χ3v) is 3.75. The standard InChI is InChI=1S/C18H19N3O2/c1-2-3-17(23)21-16-10-20-18-15(16)8-14(9-19-18)13-6-4-12(11-22)5-7-13/h4-10,22H,2-3,11H2,1H3,(H,19,20)(H,21,23). The van der Waals surface area contributed by atoms with Crippen LogP contribution < -0.4 is 5.32 Å². The predicted molar refractivity (Wildman–Crippen MR) is 91.0 cm³/mol. The van der Waals surface area contributed by atoms with Gasteiger partial charge in [0.25, 0.3) is 0 Å². The van der Waals surface area contributed by atoms with Crippen molar-refractivity contribution in [3.05, 3.63) is 48.3 Å². The topological polar surface area (TPSA) is 78.0 Å². The Hall–Kier alpha value is -2.66. The van der Waals surface area contributed by atoms with Gasteiger partial charge in [0.1, 0.15) is 5.65 Å². The first-order valence-electron chi connectivity index (χ1n) is 7.68. The van der Waals surface area contributed by atoms with Crippen molar-refractivity contribution in [2.24, 2.45) is 0 Å². The first-order valence-corrected chi connectivity index (χ1v) is 7.68. The first kappa shape index (κ1) is 15.2. The second-order valence-corrected chi connectivity index (χ2v) is 5.48. The average molecular weight is 309 g/mol. The van der Waals surface area contributed by atoms with Gasteiger partial charge in [0, 0.05) is 29.8 Å². The lowest BCUT2D eigenvalue weighted by molar-refractivity contribution is -0.116. The maximum atomic E-state index is 11.8. The zero-order chi connectivity index (χ0) is 16.2. The quantitative estimate of drug-likeness (QED) is 0.675. The lowest BCUT2D eigenvalue weighted by Gasteiger charge is -2.05. The molecule has 1 aromatic carbocycles. The van der Waals surface area contributed by atoms with Gasteiger partial charge in [0.15, 0.2) is 0 Å². The van der Waals surface area contributed by atoms with Gasteiger partial charge >= 0.3 is 0 Å². The number of H-pyrrole nitrogens is 1. The fourth-order valence-electron chi connectivity index (χ4n) is 2.51. The number of anilines is 1. The minimum absolute atomic E-state index is 0.00565. The van der Waals surface area contributed by atoms with E-state index in [1.165, 1.54) is 0 Å². The predicted octanol–water partition coefficient (Wildman–Crippen LogP) is 3.46. The van der Waals surface area contributed by atoms with Gasteiger partial charge in [0.2, 0.25) is 5.91 Å². The largest absolute Gasteiger partial charge is 0.392 e. The van der Waals surface area contributed by atoms with Crippen molar-refractivity contribution < 1.29 is 9.90 Å². The third kappa shape index (κ3) is 3.24. The third-order valence-electron chi connectivity index (χ3n) is 3.75. The summed E-state index contributed by atoms with van der Waals surface area (Å²) in [5.41, 5.74) is 4.35. The summed E-state index contributed by atoms with van der Waals surface area (Å²) in [7, 11) is 0. The first-order chi connectivity index (χ1) is 11.2. The molecule has 2 heterocycles. The molecule has 0 aliphatic heterocycles. The molecule has 3 N–H and O–H groups in total. The van der Waals surface area contributed by atoms with E-state index in [1.54, 1.807) is 12.4 Å². The molecule has 2 aromatic heterocycles. The highest BCUT2D eigenvalue weighted by Crippen LogP contribution is 2.27. The number of nitrogens with one attached hydrogen (secondary N) is 2. The van der Waals surface area contributed by atoms with E-state index in [-0.39, 0.29) is 12.5 Å². The number of carbonyl (C=O) groups excluding carboxylic acids is 1. The van der Waals surface area contributed by atoms with E-state index in [0.717, 1.165) is 39.8 Å². The number of pyridine rings is 1. The second kappa shape index (κ2) is 6.62. The van der Waals surface area contributed by atoms with Crippen LogP contribution in [-0.2, 0) is 11.4 Å². The van der Waals surface area contributed by atoms with Crippen LogP contribution in [0.2, 0.25) is 0 Å². The van der Waals surface area contributed by atoms with Crippen molar-refractivity contribution >= 4 is 22.6 Å². The molecule has 0 aliphatic rings. The van der Waals surface area contributed by atoms with Gasteiger partial charge in [-0.3, -0.25) is 4.79 Å². The van der Waals surface area contributed by atoms with E-state index >= 15 is 0 Å². The monoisotopic (exact) mass is 309 g/mol. The molecule has 0 unspecified atom stereocenters. The number of nitrogens with zero attached hydrogens (tertiary/aromatic N) is 1. The number of hydrogen-bond acceptors (Lipinski definition) is 3. The zero-order valence-corrected chi connectivity index (χ0v) is 13.0. The number of amides is 1. The number of aliphatic hydroxyl groups is 1. The van der Waals surface area contributed by atoms with Crippen LogP contribution in [0.5, 0.6) is 0 Å². The lowest BCUT2D eigenvalue weighted by atomic mass is 10.0. The Balaban J connectivity index is 1.94. The summed E-state index contributed by atoms with van der Waals surface area (Å²) in [6, 6.07) is 9.70. The fraction of sp³-hybridized carbons (Fsp3) is 0.222. The summed E-state index contributed by atoms with van der Waals surface area (Å²) in [5.74, 6) is 0.00565. The Labute approximate surface area is 134 Å². The molecule has 5 nitrogen and oxygen atoms in total. The van der Waals surface area contributed by atoms with Gasteiger partial charge in [-0.2, -0.15) is 0 Å².